The lowest BCUT2D eigenvalue weighted by molar-refractivity contribution is 0.0493. The number of carbonyl (C=O) groups excluding carboxylic acids is 2. The Kier molecular flexibility index (Phi) is 8.17. The van der Waals surface area contributed by atoms with Crippen molar-refractivity contribution in [2.45, 2.75) is 69.4 Å². The summed E-state index contributed by atoms with van der Waals surface area (Å²) in [6, 6.07) is 7.42. The fourth-order valence-electron chi connectivity index (χ4n) is 2.32. The standard InChI is InChI=1S/C11H21NO2.C7H6OS/c1-11(2,3)14-10(13)12-9-7-5-4-6-8-9;8-5-6-2-1-3-7(9)4-6/h9H,4-8H2,1-3H3,(H,12,13);1-5,9H. The van der Waals surface area contributed by atoms with Crippen molar-refractivity contribution >= 4 is 25.0 Å². The molecule has 1 saturated carbocycles. The number of hydrogen-bond acceptors (Lipinski definition) is 4. The third-order valence-electron chi connectivity index (χ3n) is 3.33. The maximum absolute atomic E-state index is 11.4. The molecule has 23 heavy (non-hydrogen) atoms. The van der Waals surface area contributed by atoms with Gasteiger partial charge in [-0.15, -0.1) is 12.6 Å². The summed E-state index contributed by atoms with van der Waals surface area (Å²) in [6.07, 6.45) is 6.47. The summed E-state index contributed by atoms with van der Waals surface area (Å²) < 4.78 is 5.19. The number of aldehydes is 1. The molecule has 1 aromatic carbocycles. The molecule has 128 valence electrons. The zero-order valence-electron chi connectivity index (χ0n) is 14.2. The zero-order chi connectivity index (χ0) is 17.3. The van der Waals surface area contributed by atoms with Gasteiger partial charge in [-0.1, -0.05) is 31.4 Å². The number of ether oxygens (including phenoxy) is 1. The van der Waals surface area contributed by atoms with Crippen LogP contribution in [-0.2, 0) is 4.74 Å². The lowest BCUT2D eigenvalue weighted by Gasteiger charge is -2.25. The molecule has 0 aromatic heterocycles. The van der Waals surface area contributed by atoms with Crippen LogP contribution in [0.1, 0.15) is 63.2 Å². The number of nitrogens with one attached hydrogen (secondary N) is 1. The minimum atomic E-state index is -0.390. The second-order valence-electron chi connectivity index (χ2n) is 6.69. The number of benzene rings is 1. The molecular weight excluding hydrogens is 310 g/mol. The summed E-state index contributed by atoms with van der Waals surface area (Å²) in [5.41, 5.74) is 0.279. The van der Waals surface area contributed by atoms with E-state index in [-0.39, 0.29) is 6.09 Å². The Bertz CT molecular complexity index is 505. The number of thiol groups is 1. The van der Waals surface area contributed by atoms with Gasteiger partial charge in [0.25, 0.3) is 0 Å². The highest BCUT2D eigenvalue weighted by Gasteiger charge is 2.20. The van der Waals surface area contributed by atoms with E-state index < -0.39 is 5.60 Å². The Morgan fingerprint density at radius 2 is 1.91 bits per heavy atom. The Morgan fingerprint density at radius 1 is 1.26 bits per heavy atom. The van der Waals surface area contributed by atoms with Gasteiger partial charge in [0.2, 0.25) is 0 Å². The van der Waals surface area contributed by atoms with Gasteiger partial charge in [0.05, 0.1) is 0 Å². The third kappa shape index (κ3) is 9.29. The first-order chi connectivity index (χ1) is 10.8. The van der Waals surface area contributed by atoms with Crippen molar-refractivity contribution in [3.63, 3.8) is 0 Å². The Morgan fingerprint density at radius 3 is 2.39 bits per heavy atom. The van der Waals surface area contributed by atoms with Gasteiger partial charge in [0, 0.05) is 16.5 Å². The Labute approximate surface area is 144 Å². The van der Waals surface area contributed by atoms with E-state index in [9.17, 15) is 9.59 Å². The van der Waals surface area contributed by atoms with Crippen molar-refractivity contribution in [2.75, 3.05) is 0 Å². The molecule has 1 aliphatic carbocycles. The zero-order valence-corrected chi connectivity index (χ0v) is 15.1. The molecule has 0 bridgehead atoms. The summed E-state index contributed by atoms with van der Waals surface area (Å²) in [5, 5.41) is 2.91. The molecule has 0 heterocycles. The van der Waals surface area contributed by atoms with E-state index >= 15 is 0 Å². The largest absolute Gasteiger partial charge is 0.444 e. The van der Waals surface area contributed by atoms with Gasteiger partial charge in [-0.25, -0.2) is 4.79 Å². The SMILES string of the molecule is CC(C)(C)OC(=O)NC1CCCCC1.O=Cc1cccc(S)c1. The highest BCUT2D eigenvalue weighted by molar-refractivity contribution is 7.80. The molecule has 1 aliphatic rings. The topological polar surface area (TPSA) is 55.4 Å². The van der Waals surface area contributed by atoms with E-state index in [1.54, 1.807) is 18.2 Å². The normalized spacial score (nSPS) is 15.1. The Hall–Kier alpha value is -1.49. The molecule has 4 nitrogen and oxygen atoms in total. The van der Waals surface area contributed by atoms with Crippen molar-refractivity contribution in [1.29, 1.82) is 0 Å². The molecule has 1 aromatic rings. The van der Waals surface area contributed by atoms with E-state index in [4.69, 9.17) is 4.74 Å². The van der Waals surface area contributed by atoms with Crippen molar-refractivity contribution in [3.05, 3.63) is 29.8 Å². The number of amides is 1. The smallest absolute Gasteiger partial charge is 0.407 e. The van der Waals surface area contributed by atoms with Gasteiger partial charge >= 0.3 is 6.09 Å². The van der Waals surface area contributed by atoms with E-state index in [0.717, 1.165) is 24.0 Å². The maximum atomic E-state index is 11.4. The van der Waals surface area contributed by atoms with Crippen molar-refractivity contribution in [3.8, 4) is 0 Å². The third-order valence-corrected chi connectivity index (χ3v) is 3.61. The van der Waals surface area contributed by atoms with Crippen molar-refractivity contribution in [2.24, 2.45) is 0 Å². The summed E-state index contributed by atoms with van der Waals surface area (Å²) in [7, 11) is 0. The van der Waals surface area contributed by atoms with E-state index in [0.29, 0.717) is 11.6 Å². The van der Waals surface area contributed by atoms with Crippen LogP contribution in [0.2, 0.25) is 0 Å². The molecule has 1 amide bonds. The number of alkyl carbamates (subject to hydrolysis) is 1. The number of rotatable bonds is 2. The lowest BCUT2D eigenvalue weighted by atomic mass is 9.96. The van der Waals surface area contributed by atoms with Gasteiger partial charge in [-0.05, 0) is 45.7 Å². The number of hydrogen-bond donors (Lipinski definition) is 2. The fraction of sp³-hybridized carbons (Fsp3) is 0.556. The van der Waals surface area contributed by atoms with E-state index in [1.807, 2.05) is 26.8 Å². The molecular formula is C18H27NO3S. The summed E-state index contributed by atoms with van der Waals surface area (Å²) in [6.45, 7) is 5.65. The van der Waals surface area contributed by atoms with Gasteiger partial charge in [-0.3, -0.25) is 4.79 Å². The van der Waals surface area contributed by atoms with E-state index in [2.05, 4.69) is 17.9 Å². The predicted octanol–water partition coefficient (Wildman–Crippen LogP) is 4.63. The molecule has 0 saturated heterocycles. The highest BCUT2D eigenvalue weighted by Crippen LogP contribution is 2.18. The van der Waals surface area contributed by atoms with Crippen LogP contribution < -0.4 is 5.32 Å². The molecule has 0 radical (unpaired) electrons. The first-order valence-corrected chi connectivity index (χ1v) is 8.48. The van der Waals surface area contributed by atoms with Crippen molar-refractivity contribution in [1.82, 2.24) is 5.32 Å². The Balaban J connectivity index is 0.000000253. The highest BCUT2D eigenvalue weighted by atomic mass is 32.1. The molecule has 2 rings (SSSR count). The van der Waals surface area contributed by atoms with Crippen LogP contribution in [-0.4, -0.2) is 24.0 Å². The minimum Gasteiger partial charge on any atom is -0.444 e. The molecule has 1 N–H and O–H groups in total. The fourth-order valence-corrected chi connectivity index (χ4v) is 2.55. The van der Waals surface area contributed by atoms with Crippen LogP contribution >= 0.6 is 12.6 Å². The molecule has 5 heteroatoms. The number of carbonyl (C=O) groups is 2. The van der Waals surface area contributed by atoms with Crippen LogP contribution in [0.4, 0.5) is 4.79 Å². The second-order valence-corrected chi connectivity index (χ2v) is 7.21. The molecule has 0 aliphatic heterocycles. The van der Waals surface area contributed by atoms with Crippen LogP contribution in [0.3, 0.4) is 0 Å². The van der Waals surface area contributed by atoms with Crippen molar-refractivity contribution < 1.29 is 14.3 Å². The summed E-state index contributed by atoms with van der Waals surface area (Å²) >= 11 is 4.05. The minimum absolute atomic E-state index is 0.274. The maximum Gasteiger partial charge on any atom is 0.407 e. The summed E-state index contributed by atoms with van der Waals surface area (Å²) in [5.74, 6) is 0. The van der Waals surface area contributed by atoms with Crippen LogP contribution in [0.15, 0.2) is 29.2 Å². The van der Waals surface area contributed by atoms with Gasteiger partial charge in [0.1, 0.15) is 11.9 Å². The monoisotopic (exact) mass is 337 g/mol. The predicted molar refractivity (Wildman–Crippen MR) is 95.3 cm³/mol. The first kappa shape index (κ1) is 19.6. The molecule has 0 atom stereocenters. The van der Waals surface area contributed by atoms with Crippen LogP contribution in [0.25, 0.3) is 0 Å². The molecule has 1 fully saturated rings. The van der Waals surface area contributed by atoms with E-state index in [1.165, 1.54) is 19.3 Å². The second kappa shape index (κ2) is 9.60. The summed E-state index contributed by atoms with van der Waals surface area (Å²) in [4.78, 5) is 22.3. The van der Waals surface area contributed by atoms with Gasteiger partial charge < -0.3 is 10.1 Å². The van der Waals surface area contributed by atoms with Gasteiger partial charge in [0.15, 0.2) is 0 Å². The van der Waals surface area contributed by atoms with Crippen LogP contribution in [0.5, 0.6) is 0 Å². The first-order valence-electron chi connectivity index (χ1n) is 8.04. The average molecular weight is 337 g/mol. The quantitative estimate of drug-likeness (QED) is 0.611. The molecule has 0 unspecified atom stereocenters. The lowest BCUT2D eigenvalue weighted by Crippen LogP contribution is -2.39. The average Bonchev–Trinajstić information content (AvgIpc) is 2.47. The van der Waals surface area contributed by atoms with Crippen LogP contribution in [0, 0.1) is 0 Å². The van der Waals surface area contributed by atoms with Gasteiger partial charge in [-0.2, -0.15) is 0 Å². The molecule has 0 spiro atoms.